The van der Waals surface area contributed by atoms with Crippen LogP contribution in [-0.2, 0) is 0 Å². The molecule has 0 spiro atoms. The lowest BCUT2D eigenvalue weighted by Gasteiger charge is -2.20. The van der Waals surface area contributed by atoms with Crippen LogP contribution in [0.25, 0.3) is 82.4 Å². The predicted molar refractivity (Wildman–Crippen MR) is 245 cm³/mol. The molecule has 0 amide bonds. The number of aromatic nitrogens is 2. The zero-order chi connectivity index (χ0) is 38.7. The summed E-state index contributed by atoms with van der Waals surface area (Å²) in [5.74, 6) is 0. The molecule has 0 bridgehead atoms. The van der Waals surface area contributed by atoms with E-state index >= 15 is 0 Å². The number of fused-ring (bicyclic) bond motifs is 9. The van der Waals surface area contributed by atoms with E-state index in [4.69, 9.17) is 4.42 Å². The second kappa shape index (κ2) is 13.4. The van der Waals surface area contributed by atoms with Gasteiger partial charge < -0.3 is 18.9 Å². The van der Waals surface area contributed by atoms with E-state index in [-0.39, 0.29) is 0 Å². The molecule has 1 N–H and O–H groups in total. The first-order chi connectivity index (χ1) is 28.6. The molecule has 0 saturated carbocycles. The Morgan fingerprint density at radius 2 is 1.02 bits per heavy atom. The van der Waals surface area contributed by atoms with Gasteiger partial charge in [0.1, 0.15) is 11.2 Å². The van der Waals surface area contributed by atoms with Gasteiger partial charge in [-0.25, -0.2) is 0 Å². The smallest absolute Gasteiger partial charge is 0.135 e. The van der Waals surface area contributed by atoms with Crippen molar-refractivity contribution in [1.82, 2.24) is 9.55 Å². The van der Waals surface area contributed by atoms with Gasteiger partial charge in [0.15, 0.2) is 0 Å². The summed E-state index contributed by atoms with van der Waals surface area (Å²) in [6.45, 7) is 8.87. The maximum atomic E-state index is 6.28. The van der Waals surface area contributed by atoms with Crippen molar-refractivity contribution < 1.29 is 4.42 Å². The number of hydrogen-bond donors (Lipinski definition) is 1. The summed E-state index contributed by atoms with van der Waals surface area (Å²) in [6, 6.07) is 55.8. The van der Waals surface area contributed by atoms with Crippen molar-refractivity contribution in [3.63, 3.8) is 0 Å². The molecule has 274 valence electrons. The highest BCUT2D eigenvalue weighted by Gasteiger charge is 2.17. The van der Waals surface area contributed by atoms with Crippen LogP contribution in [0.15, 0.2) is 223 Å². The third-order valence-corrected chi connectivity index (χ3v) is 11.4. The molecule has 1 aliphatic rings. The second-order valence-corrected chi connectivity index (χ2v) is 14.9. The largest absolute Gasteiger partial charge is 0.456 e. The molecule has 4 heterocycles. The summed E-state index contributed by atoms with van der Waals surface area (Å²) in [4.78, 5) is 5.83. The molecule has 4 heteroatoms. The number of H-pyrrole nitrogens is 1. The summed E-state index contributed by atoms with van der Waals surface area (Å²) < 4.78 is 8.63. The van der Waals surface area contributed by atoms with Crippen molar-refractivity contribution >= 4 is 82.4 Å². The van der Waals surface area contributed by atoms with Crippen LogP contribution in [0.3, 0.4) is 0 Å². The van der Waals surface area contributed by atoms with Gasteiger partial charge in [0, 0.05) is 67.1 Å². The Balaban J connectivity index is 1.15. The summed E-state index contributed by atoms with van der Waals surface area (Å²) in [6.07, 6.45) is 12.9. The molecule has 1 aliphatic heterocycles. The van der Waals surface area contributed by atoms with Crippen LogP contribution in [0.2, 0.25) is 0 Å². The molecule has 0 atom stereocenters. The minimum Gasteiger partial charge on any atom is -0.456 e. The Kier molecular flexibility index (Phi) is 7.76. The van der Waals surface area contributed by atoms with Crippen LogP contribution in [-0.4, -0.2) is 9.55 Å². The first kappa shape index (κ1) is 33.5. The standard InChI is InChI=1S/C54H37N3O/c1-35-20-22-39(37-24-27-50-46(30-37)43-14-6-9-17-49(43)55-50)33-56(42-26-29-54-48(32-42)45-16-8-11-19-53(45)58-54)34-40(23-21-36(35)2)38-25-28-52-47(31-38)44-15-7-10-18-51(44)57(52)41-12-4-3-5-13-41/h3-34,55H,1-2H2/b22-20-,23-21-,39-33+,40-34+. The fourth-order valence-corrected chi connectivity index (χ4v) is 8.42. The Morgan fingerprint density at radius 1 is 0.414 bits per heavy atom. The topological polar surface area (TPSA) is 37.1 Å². The monoisotopic (exact) mass is 743 g/mol. The number of nitrogens with one attached hydrogen (secondary N) is 1. The molecule has 0 unspecified atom stereocenters. The molecule has 0 fully saturated rings. The van der Waals surface area contributed by atoms with E-state index in [0.29, 0.717) is 0 Å². The van der Waals surface area contributed by atoms with Crippen LogP contribution >= 0.6 is 0 Å². The zero-order valence-electron chi connectivity index (χ0n) is 31.7. The number of aromatic amines is 1. The normalized spacial score (nSPS) is 16.9. The van der Waals surface area contributed by atoms with Gasteiger partial charge in [0.05, 0.1) is 11.0 Å². The van der Waals surface area contributed by atoms with Gasteiger partial charge in [-0.1, -0.05) is 122 Å². The van der Waals surface area contributed by atoms with Gasteiger partial charge in [-0.3, -0.25) is 0 Å². The summed E-state index contributed by atoms with van der Waals surface area (Å²) >= 11 is 0. The summed E-state index contributed by atoms with van der Waals surface area (Å²) in [7, 11) is 0. The quantitative estimate of drug-likeness (QED) is 0.195. The average Bonchev–Trinajstić information content (AvgIpc) is 3.94. The van der Waals surface area contributed by atoms with Crippen LogP contribution in [0.5, 0.6) is 0 Å². The van der Waals surface area contributed by atoms with Crippen LogP contribution < -0.4 is 4.90 Å². The van der Waals surface area contributed by atoms with Gasteiger partial charge in [-0.2, -0.15) is 0 Å². The fraction of sp³-hybridized carbons (Fsp3) is 0. The molecular formula is C54H37N3O. The van der Waals surface area contributed by atoms with Crippen LogP contribution in [0, 0.1) is 0 Å². The van der Waals surface area contributed by atoms with Gasteiger partial charge in [-0.15, -0.1) is 0 Å². The third-order valence-electron chi connectivity index (χ3n) is 11.4. The van der Waals surface area contributed by atoms with Crippen molar-refractivity contribution in [2.45, 2.75) is 0 Å². The van der Waals surface area contributed by atoms with Crippen molar-refractivity contribution in [2.75, 3.05) is 4.90 Å². The molecule has 0 radical (unpaired) electrons. The molecule has 11 rings (SSSR count). The minimum absolute atomic E-state index is 0.843. The lowest BCUT2D eigenvalue weighted by molar-refractivity contribution is 0.669. The van der Waals surface area contributed by atoms with Gasteiger partial charge in [-0.05, 0) is 106 Å². The predicted octanol–water partition coefficient (Wildman–Crippen LogP) is 14.4. The summed E-state index contributed by atoms with van der Waals surface area (Å²) in [5, 5.41) is 6.92. The number of hydrogen-bond acceptors (Lipinski definition) is 2. The first-order valence-electron chi connectivity index (χ1n) is 19.5. The molecule has 58 heavy (non-hydrogen) atoms. The van der Waals surface area contributed by atoms with Gasteiger partial charge in [0.25, 0.3) is 0 Å². The fourth-order valence-electron chi connectivity index (χ4n) is 8.42. The van der Waals surface area contributed by atoms with Crippen molar-refractivity contribution in [1.29, 1.82) is 0 Å². The van der Waals surface area contributed by atoms with E-state index in [1.54, 1.807) is 0 Å². The van der Waals surface area contributed by atoms with Gasteiger partial charge in [0.2, 0.25) is 0 Å². The van der Waals surface area contributed by atoms with E-state index in [1.807, 2.05) is 12.1 Å². The highest BCUT2D eigenvalue weighted by Crippen LogP contribution is 2.37. The number of benzene rings is 7. The first-order valence-corrected chi connectivity index (χ1v) is 19.5. The maximum absolute atomic E-state index is 6.28. The molecule has 0 saturated heterocycles. The highest BCUT2D eigenvalue weighted by molar-refractivity contribution is 6.11. The molecule has 7 aromatic carbocycles. The van der Waals surface area contributed by atoms with Crippen molar-refractivity contribution in [3.05, 3.63) is 230 Å². The second-order valence-electron chi connectivity index (χ2n) is 14.9. The SMILES string of the molecule is C=C1/C=C\C(c2ccc3[nH]c4ccccc4c3c2)=C/N(c2ccc3oc4ccccc4c3c2)/C=C(c2ccc3c(c2)c2ccccc2n3-c2ccccc2)\C=C/C1=C. The Hall–Kier alpha value is -7.82. The number of para-hydroxylation sites is 4. The molecular weight excluding hydrogens is 707 g/mol. The maximum Gasteiger partial charge on any atom is 0.135 e. The van der Waals surface area contributed by atoms with E-state index < -0.39 is 0 Å². The van der Waals surface area contributed by atoms with Crippen molar-refractivity contribution in [3.8, 4) is 5.69 Å². The van der Waals surface area contributed by atoms with Crippen LogP contribution in [0.1, 0.15) is 11.1 Å². The Morgan fingerprint density at radius 3 is 1.81 bits per heavy atom. The average molecular weight is 744 g/mol. The van der Waals surface area contributed by atoms with Gasteiger partial charge >= 0.3 is 0 Å². The lowest BCUT2D eigenvalue weighted by Crippen LogP contribution is -2.09. The number of nitrogens with zero attached hydrogens (tertiary/aromatic N) is 2. The zero-order valence-corrected chi connectivity index (χ0v) is 31.7. The number of allylic oxidation sites excluding steroid dienone is 8. The molecule has 10 aromatic rings. The Labute approximate surface area is 335 Å². The van der Waals surface area contributed by atoms with E-state index in [9.17, 15) is 0 Å². The number of furan rings is 1. The van der Waals surface area contributed by atoms with E-state index in [0.717, 1.165) is 83.3 Å². The summed E-state index contributed by atoms with van der Waals surface area (Å²) in [5.41, 5.74) is 14.3. The highest BCUT2D eigenvalue weighted by atomic mass is 16.3. The van der Waals surface area contributed by atoms with Crippen LogP contribution in [0.4, 0.5) is 5.69 Å². The molecule has 4 nitrogen and oxygen atoms in total. The molecule has 0 aliphatic carbocycles. The minimum atomic E-state index is 0.843. The lowest BCUT2D eigenvalue weighted by atomic mass is 10.0. The van der Waals surface area contributed by atoms with Crippen molar-refractivity contribution in [2.24, 2.45) is 0 Å². The Bertz CT molecular complexity index is 3430. The number of rotatable bonds is 4. The molecule has 3 aromatic heterocycles. The van der Waals surface area contributed by atoms with E-state index in [2.05, 4.69) is 210 Å². The number of anilines is 1. The third kappa shape index (κ3) is 5.62. The van der Waals surface area contributed by atoms with E-state index in [1.165, 1.54) is 27.1 Å².